The van der Waals surface area contributed by atoms with Gasteiger partial charge in [-0.2, -0.15) is 11.8 Å². The van der Waals surface area contributed by atoms with Gasteiger partial charge in [-0.15, -0.1) is 0 Å². The maximum absolute atomic E-state index is 12.4. The van der Waals surface area contributed by atoms with Crippen molar-refractivity contribution in [3.8, 4) is 5.75 Å². The molecule has 166 valence electrons. The molecule has 31 heavy (non-hydrogen) atoms. The Kier molecular flexibility index (Phi) is 7.16. The van der Waals surface area contributed by atoms with Gasteiger partial charge in [-0.25, -0.2) is 0 Å². The lowest BCUT2D eigenvalue weighted by atomic mass is 9.95. The number of nitrogens with one attached hydrogen (secondary N) is 2. The number of ether oxygens (including phenoxy) is 2. The topological polar surface area (TPSA) is 93.0 Å². The maximum atomic E-state index is 12.4. The summed E-state index contributed by atoms with van der Waals surface area (Å²) >= 11 is 1.94. The van der Waals surface area contributed by atoms with E-state index >= 15 is 0 Å². The van der Waals surface area contributed by atoms with Crippen LogP contribution in [0.5, 0.6) is 5.75 Å². The first-order chi connectivity index (χ1) is 15.1. The molecule has 1 unspecified atom stereocenters. The lowest BCUT2D eigenvalue weighted by molar-refractivity contribution is -0.124. The highest BCUT2D eigenvalue weighted by molar-refractivity contribution is 7.99. The molecular weight excluding hydrogens is 418 g/mol. The summed E-state index contributed by atoms with van der Waals surface area (Å²) in [6.07, 6.45) is 2.51. The maximum Gasteiger partial charge on any atom is 0.291 e. The van der Waals surface area contributed by atoms with Crippen molar-refractivity contribution in [2.75, 3.05) is 56.3 Å². The molecule has 9 heteroatoms. The average Bonchev–Trinajstić information content (AvgIpc) is 3.50. The lowest BCUT2D eigenvalue weighted by Gasteiger charge is -2.43. The van der Waals surface area contributed by atoms with Crippen LogP contribution in [-0.2, 0) is 9.53 Å². The largest absolute Gasteiger partial charge is 0.484 e. The van der Waals surface area contributed by atoms with E-state index in [0.717, 1.165) is 44.2 Å². The summed E-state index contributed by atoms with van der Waals surface area (Å²) in [4.78, 5) is 27.0. The second-order valence-corrected chi connectivity index (χ2v) is 8.76. The Morgan fingerprint density at radius 1 is 1.19 bits per heavy atom. The molecule has 1 aromatic carbocycles. The van der Waals surface area contributed by atoms with Crippen molar-refractivity contribution < 1.29 is 23.5 Å². The van der Waals surface area contributed by atoms with Crippen LogP contribution in [0, 0.1) is 0 Å². The molecule has 0 saturated carbocycles. The van der Waals surface area contributed by atoms with Crippen LogP contribution < -0.4 is 15.4 Å². The van der Waals surface area contributed by atoms with Crippen LogP contribution in [0.15, 0.2) is 47.1 Å². The zero-order chi connectivity index (χ0) is 21.5. The molecule has 0 radical (unpaired) electrons. The number of anilines is 1. The molecule has 0 spiro atoms. The van der Waals surface area contributed by atoms with Crippen LogP contribution in [0.25, 0.3) is 0 Å². The van der Waals surface area contributed by atoms with Crippen molar-refractivity contribution in [1.29, 1.82) is 0 Å². The molecule has 2 fully saturated rings. The third-order valence-electron chi connectivity index (χ3n) is 5.59. The number of thioether (sulfide) groups is 1. The van der Waals surface area contributed by atoms with Crippen LogP contribution in [0.2, 0.25) is 0 Å². The Hall–Kier alpha value is -2.49. The smallest absolute Gasteiger partial charge is 0.291 e. The highest BCUT2D eigenvalue weighted by Gasteiger charge is 2.40. The van der Waals surface area contributed by atoms with Crippen molar-refractivity contribution in [1.82, 2.24) is 10.2 Å². The van der Waals surface area contributed by atoms with Crippen LogP contribution >= 0.6 is 11.8 Å². The van der Waals surface area contributed by atoms with E-state index in [2.05, 4.69) is 15.5 Å². The molecule has 2 amide bonds. The average molecular weight is 446 g/mol. The first kappa shape index (κ1) is 21.7. The van der Waals surface area contributed by atoms with E-state index in [-0.39, 0.29) is 29.7 Å². The van der Waals surface area contributed by atoms with Crippen molar-refractivity contribution in [2.45, 2.75) is 12.0 Å². The SMILES string of the molecule is O=C(COc1cccc(NC(=O)c2ccco2)c1)NCC1(N2CCOCC2)CCSC1. The van der Waals surface area contributed by atoms with Crippen molar-refractivity contribution in [3.05, 3.63) is 48.4 Å². The number of carbonyl (C=O) groups excluding carboxylic acids is 2. The summed E-state index contributed by atoms with van der Waals surface area (Å²) in [7, 11) is 0. The minimum atomic E-state index is -0.345. The Balaban J connectivity index is 1.27. The van der Waals surface area contributed by atoms with Gasteiger partial charge in [0.2, 0.25) is 0 Å². The highest BCUT2D eigenvalue weighted by Crippen LogP contribution is 2.33. The molecule has 8 nitrogen and oxygen atoms in total. The molecule has 2 aliphatic heterocycles. The summed E-state index contributed by atoms with van der Waals surface area (Å²) in [6, 6.07) is 10.2. The first-order valence-electron chi connectivity index (χ1n) is 10.4. The van der Waals surface area contributed by atoms with Gasteiger partial charge in [0.1, 0.15) is 5.75 Å². The predicted molar refractivity (Wildman–Crippen MR) is 119 cm³/mol. The Bertz CT molecular complexity index is 877. The van der Waals surface area contributed by atoms with Crippen LogP contribution in [0.3, 0.4) is 0 Å². The van der Waals surface area contributed by atoms with Gasteiger partial charge in [0.05, 0.1) is 19.5 Å². The van der Waals surface area contributed by atoms with Crippen LogP contribution in [0.1, 0.15) is 17.0 Å². The second-order valence-electron chi connectivity index (χ2n) is 7.65. The van der Waals surface area contributed by atoms with Gasteiger partial charge in [-0.3, -0.25) is 14.5 Å². The number of amides is 2. The molecule has 3 heterocycles. The second kappa shape index (κ2) is 10.2. The van der Waals surface area contributed by atoms with E-state index in [1.807, 2.05) is 11.8 Å². The van der Waals surface area contributed by atoms with Crippen molar-refractivity contribution in [3.63, 3.8) is 0 Å². The van der Waals surface area contributed by atoms with Gasteiger partial charge in [0.15, 0.2) is 12.4 Å². The monoisotopic (exact) mass is 445 g/mol. The number of benzene rings is 1. The van der Waals surface area contributed by atoms with E-state index in [1.54, 1.807) is 36.4 Å². The molecule has 0 aliphatic carbocycles. The van der Waals surface area contributed by atoms with E-state index in [1.165, 1.54) is 6.26 Å². The number of hydrogen-bond acceptors (Lipinski definition) is 7. The third kappa shape index (κ3) is 5.61. The summed E-state index contributed by atoms with van der Waals surface area (Å²) in [5.41, 5.74) is 0.564. The van der Waals surface area contributed by atoms with Gasteiger partial charge in [0.25, 0.3) is 11.8 Å². The fourth-order valence-electron chi connectivity index (χ4n) is 3.86. The van der Waals surface area contributed by atoms with Gasteiger partial charge in [-0.05, 0) is 36.4 Å². The van der Waals surface area contributed by atoms with E-state index in [0.29, 0.717) is 18.0 Å². The molecule has 1 aromatic heterocycles. The first-order valence-corrected chi connectivity index (χ1v) is 11.6. The Morgan fingerprint density at radius 3 is 2.81 bits per heavy atom. The van der Waals surface area contributed by atoms with E-state index in [9.17, 15) is 9.59 Å². The number of carbonyl (C=O) groups is 2. The minimum absolute atomic E-state index is 0.000155. The molecule has 1 atom stereocenters. The van der Waals surface area contributed by atoms with Gasteiger partial charge in [-0.1, -0.05) is 6.07 Å². The summed E-state index contributed by atoms with van der Waals surface area (Å²) in [5.74, 6) is 2.36. The standard InChI is InChI=1S/C22H27N3O5S/c26-20(23-15-22(6-12-31-16-22)25-7-10-28-11-8-25)14-30-18-4-1-3-17(13-18)24-21(27)19-5-2-9-29-19/h1-5,9,13H,6-8,10-12,14-16H2,(H,23,26)(H,24,27). The Morgan fingerprint density at radius 2 is 2.06 bits per heavy atom. The third-order valence-corrected chi connectivity index (χ3v) is 6.82. The molecular formula is C22H27N3O5S. The Labute approximate surface area is 185 Å². The summed E-state index contributed by atoms with van der Waals surface area (Å²) in [6.45, 7) is 3.84. The lowest BCUT2D eigenvalue weighted by Crippen LogP contribution is -2.59. The van der Waals surface area contributed by atoms with Crippen molar-refractivity contribution >= 4 is 29.3 Å². The number of furan rings is 1. The fourth-order valence-corrected chi connectivity index (χ4v) is 5.34. The number of hydrogen-bond donors (Lipinski definition) is 2. The molecule has 4 rings (SSSR count). The predicted octanol–water partition coefficient (Wildman–Crippen LogP) is 2.23. The zero-order valence-electron chi connectivity index (χ0n) is 17.3. The van der Waals surface area contributed by atoms with Gasteiger partial charge < -0.3 is 24.5 Å². The number of morpholine rings is 1. The molecule has 2 aliphatic rings. The van der Waals surface area contributed by atoms with Crippen LogP contribution in [-0.4, -0.2) is 73.2 Å². The van der Waals surface area contributed by atoms with Gasteiger partial charge in [0, 0.05) is 42.7 Å². The number of rotatable bonds is 8. The van der Waals surface area contributed by atoms with E-state index < -0.39 is 0 Å². The molecule has 0 bridgehead atoms. The minimum Gasteiger partial charge on any atom is -0.484 e. The summed E-state index contributed by atoms with van der Waals surface area (Å²) < 4.78 is 16.2. The molecule has 2 saturated heterocycles. The molecule has 2 aromatic rings. The normalized spacial score (nSPS) is 21.5. The fraction of sp³-hybridized carbons (Fsp3) is 0.455. The van der Waals surface area contributed by atoms with Crippen LogP contribution in [0.4, 0.5) is 5.69 Å². The van der Waals surface area contributed by atoms with Crippen molar-refractivity contribution in [2.24, 2.45) is 0 Å². The highest BCUT2D eigenvalue weighted by atomic mass is 32.2. The zero-order valence-corrected chi connectivity index (χ0v) is 18.1. The quantitative estimate of drug-likeness (QED) is 0.644. The van der Waals surface area contributed by atoms with Gasteiger partial charge >= 0.3 is 0 Å². The molecule has 2 N–H and O–H groups in total. The number of nitrogens with zero attached hydrogens (tertiary/aromatic N) is 1. The van der Waals surface area contributed by atoms with E-state index in [4.69, 9.17) is 13.9 Å². The summed E-state index contributed by atoms with van der Waals surface area (Å²) in [5, 5.41) is 5.80.